The molecule has 0 bridgehead atoms. The lowest BCUT2D eigenvalue weighted by atomic mass is 9.93. The van der Waals surface area contributed by atoms with Crippen LogP contribution in [0.1, 0.15) is 57.9 Å². The average Bonchev–Trinajstić information content (AvgIpc) is 2.63. The number of methoxy groups -OCH3 is 2. The number of unbranched alkanes of at least 4 members (excludes halogenated alkanes) is 2. The van der Waals surface area contributed by atoms with Gasteiger partial charge in [-0.1, -0.05) is 45.6 Å². The van der Waals surface area contributed by atoms with E-state index in [9.17, 15) is 9.90 Å². The van der Waals surface area contributed by atoms with E-state index in [0.29, 0.717) is 43.5 Å². The first kappa shape index (κ1) is 23.3. The van der Waals surface area contributed by atoms with Crippen LogP contribution in [-0.2, 0) is 16.0 Å². The molecule has 5 heteroatoms. The van der Waals surface area contributed by atoms with E-state index in [1.165, 1.54) is 12.8 Å². The van der Waals surface area contributed by atoms with E-state index in [2.05, 4.69) is 13.8 Å². The maximum Gasteiger partial charge on any atom is 0.306 e. The van der Waals surface area contributed by atoms with Gasteiger partial charge in [-0.2, -0.15) is 0 Å². The van der Waals surface area contributed by atoms with Gasteiger partial charge in [0.15, 0.2) is 11.5 Å². The Bertz CT molecular complexity index is 542. The van der Waals surface area contributed by atoms with Crippen LogP contribution in [0.3, 0.4) is 0 Å². The fraction of sp³-hybridized carbons (Fsp3) is 0.682. The summed E-state index contributed by atoms with van der Waals surface area (Å²) >= 11 is 0. The molecule has 0 fully saturated rings. The van der Waals surface area contributed by atoms with Gasteiger partial charge >= 0.3 is 5.97 Å². The highest BCUT2D eigenvalue weighted by Gasteiger charge is 2.18. The van der Waals surface area contributed by atoms with Crippen LogP contribution >= 0.6 is 0 Å². The van der Waals surface area contributed by atoms with Crippen molar-refractivity contribution in [2.45, 2.75) is 58.8 Å². The van der Waals surface area contributed by atoms with Gasteiger partial charge in [-0.3, -0.25) is 4.79 Å². The molecule has 0 spiro atoms. The normalized spacial score (nSPS) is 12.2. The van der Waals surface area contributed by atoms with Gasteiger partial charge in [0.05, 0.1) is 19.6 Å². The number of carboxylic acids is 1. The molecule has 5 nitrogen and oxygen atoms in total. The third-order valence-electron chi connectivity index (χ3n) is 4.64. The molecule has 0 heterocycles. The van der Waals surface area contributed by atoms with Gasteiger partial charge in [0.1, 0.15) is 0 Å². The Morgan fingerprint density at radius 1 is 1.00 bits per heavy atom. The van der Waals surface area contributed by atoms with Crippen LogP contribution in [0.25, 0.3) is 0 Å². The molecule has 0 aromatic heterocycles. The van der Waals surface area contributed by atoms with Gasteiger partial charge in [-0.05, 0) is 36.5 Å². The van der Waals surface area contributed by atoms with E-state index in [0.717, 1.165) is 24.8 Å². The fourth-order valence-electron chi connectivity index (χ4n) is 3.06. The highest BCUT2D eigenvalue weighted by atomic mass is 16.5. The van der Waals surface area contributed by atoms with Gasteiger partial charge in [-0.15, -0.1) is 0 Å². The van der Waals surface area contributed by atoms with Crippen molar-refractivity contribution in [3.05, 3.63) is 23.8 Å². The van der Waals surface area contributed by atoms with Crippen molar-refractivity contribution in [1.82, 2.24) is 0 Å². The summed E-state index contributed by atoms with van der Waals surface area (Å²) < 4.78 is 16.2. The minimum absolute atomic E-state index is 0.362. The Balaban J connectivity index is 2.62. The first-order valence-corrected chi connectivity index (χ1v) is 9.99. The Labute approximate surface area is 164 Å². The van der Waals surface area contributed by atoms with E-state index >= 15 is 0 Å². The smallest absolute Gasteiger partial charge is 0.306 e. The van der Waals surface area contributed by atoms with Crippen LogP contribution in [-0.4, -0.2) is 38.5 Å². The second-order valence-electron chi connectivity index (χ2n) is 7.45. The van der Waals surface area contributed by atoms with Gasteiger partial charge in [0.25, 0.3) is 0 Å². The van der Waals surface area contributed by atoms with Gasteiger partial charge in [0, 0.05) is 20.1 Å². The molecule has 1 unspecified atom stereocenters. The summed E-state index contributed by atoms with van der Waals surface area (Å²) in [5.41, 5.74) is 0.965. The zero-order valence-electron chi connectivity index (χ0n) is 17.3. The summed E-state index contributed by atoms with van der Waals surface area (Å²) in [7, 11) is 3.27. The highest BCUT2D eigenvalue weighted by Crippen LogP contribution is 2.30. The molecule has 0 aliphatic carbocycles. The molecule has 1 aromatic rings. The molecule has 0 saturated heterocycles. The van der Waals surface area contributed by atoms with E-state index in [4.69, 9.17) is 14.2 Å². The van der Waals surface area contributed by atoms with Crippen LogP contribution in [0.15, 0.2) is 18.2 Å². The lowest BCUT2D eigenvalue weighted by Gasteiger charge is -2.15. The summed E-state index contributed by atoms with van der Waals surface area (Å²) in [6.45, 7) is 5.61. The van der Waals surface area contributed by atoms with Crippen molar-refractivity contribution in [2.75, 3.05) is 27.4 Å². The van der Waals surface area contributed by atoms with Crippen LogP contribution in [0.4, 0.5) is 0 Å². The fourth-order valence-corrected chi connectivity index (χ4v) is 3.06. The number of ether oxygens (including phenoxy) is 3. The van der Waals surface area contributed by atoms with Gasteiger partial charge in [-0.25, -0.2) is 0 Å². The van der Waals surface area contributed by atoms with Crippen molar-refractivity contribution in [3.63, 3.8) is 0 Å². The highest BCUT2D eigenvalue weighted by molar-refractivity contribution is 5.70. The van der Waals surface area contributed by atoms with Crippen molar-refractivity contribution in [3.8, 4) is 11.5 Å². The predicted molar refractivity (Wildman–Crippen MR) is 108 cm³/mol. The summed E-state index contributed by atoms with van der Waals surface area (Å²) in [4.78, 5) is 11.7. The third kappa shape index (κ3) is 9.66. The summed E-state index contributed by atoms with van der Waals surface area (Å²) in [6.07, 6.45) is 6.45. The molecule has 0 aliphatic heterocycles. The van der Waals surface area contributed by atoms with Crippen molar-refractivity contribution in [2.24, 2.45) is 11.8 Å². The average molecular weight is 381 g/mol. The molecule has 1 atom stereocenters. The Hall–Kier alpha value is -1.75. The second kappa shape index (κ2) is 13.4. The van der Waals surface area contributed by atoms with Gasteiger partial charge in [0.2, 0.25) is 0 Å². The van der Waals surface area contributed by atoms with E-state index in [1.54, 1.807) is 14.2 Å². The molecule has 1 aromatic carbocycles. The lowest BCUT2D eigenvalue weighted by molar-refractivity contribution is -0.142. The van der Waals surface area contributed by atoms with Crippen molar-refractivity contribution < 1.29 is 24.1 Å². The predicted octanol–water partition coefficient (Wildman–Crippen LogP) is 4.96. The monoisotopic (exact) mass is 380 g/mol. The third-order valence-corrected chi connectivity index (χ3v) is 4.64. The summed E-state index contributed by atoms with van der Waals surface area (Å²) in [6, 6.07) is 5.68. The first-order chi connectivity index (χ1) is 13.0. The minimum Gasteiger partial charge on any atom is -0.493 e. The molecule has 1 rings (SSSR count). The number of rotatable bonds is 15. The second-order valence-corrected chi connectivity index (χ2v) is 7.45. The number of aliphatic carboxylic acids is 1. The van der Waals surface area contributed by atoms with Crippen molar-refractivity contribution >= 4 is 5.97 Å². The molecule has 154 valence electrons. The zero-order valence-corrected chi connectivity index (χ0v) is 17.3. The van der Waals surface area contributed by atoms with Crippen LogP contribution in [0.5, 0.6) is 11.5 Å². The Morgan fingerprint density at radius 2 is 1.74 bits per heavy atom. The Kier molecular flexibility index (Phi) is 11.6. The van der Waals surface area contributed by atoms with E-state index in [-0.39, 0.29) is 5.92 Å². The molecule has 0 radical (unpaired) electrons. The number of hydrogen-bond acceptors (Lipinski definition) is 4. The SMILES string of the molecule is COCCCOc1cc(CC(CCCCCC(C)C)C(=O)O)ccc1OC. The number of benzene rings is 1. The Morgan fingerprint density at radius 3 is 2.37 bits per heavy atom. The van der Waals surface area contributed by atoms with Crippen LogP contribution < -0.4 is 9.47 Å². The molecule has 0 saturated carbocycles. The summed E-state index contributed by atoms with van der Waals surface area (Å²) in [5.74, 6) is 0.946. The largest absolute Gasteiger partial charge is 0.493 e. The van der Waals surface area contributed by atoms with E-state index in [1.807, 2.05) is 18.2 Å². The molecule has 1 N–H and O–H groups in total. The van der Waals surface area contributed by atoms with Gasteiger partial charge < -0.3 is 19.3 Å². The summed E-state index contributed by atoms with van der Waals surface area (Å²) in [5, 5.41) is 9.58. The first-order valence-electron chi connectivity index (χ1n) is 9.99. The molecular formula is C22H36O5. The van der Waals surface area contributed by atoms with Crippen molar-refractivity contribution in [1.29, 1.82) is 0 Å². The molecular weight excluding hydrogens is 344 g/mol. The lowest BCUT2D eigenvalue weighted by Crippen LogP contribution is -2.16. The van der Waals surface area contributed by atoms with Crippen LogP contribution in [0, 0.1) is 11.8 Å². The standard InChI is InChI=1S/C22H36O5/c1-17(2)9-6-5-7-10-19(22(23)24)15-18-11-12-20(26-4)21(16-18)27-14-8-13-25-3/h11-12,16-17,19H,5-10,13-15H2,1-4H3,(H,23,24). The number of carbonyl (C=O) groups is 1. The maximum atomic E-state index is 11.7. The quantitative estimate of drug-likeness (QED) is 0.436. The van der Waals surface area contributed by atoms with E-state index < -0.39 is 5.97 Å². The number of hydrogen-bond donors (Lipinski definition) is 1. The minimum atomic E-state index is -0.725. The van der Waals surface area contributed by atoms with Crippen LogP contribution in [0.2, 0.25) is 0 Å². The maximum absolute atomic E-state index is 11.7. The topological polar surface area (TPSA) is 65.0 Å². The molecule has 0 aliphatic rings. The molecule has 0 amide bonds. The molecule has 27 heavy (non-hydrogen) atoms. The zero-order chi connectivity index (χ0) is 20.1. The number of carboxylic acid groups (broad SMARTS) is 1.